The monoisotopic (exact) mass is 488 g/mol. The highest BCUT2D eigenvalue weighted by Crippen LogP contribution is 2.37. The van der Waals surface area contributed by atoms with E-state index < -0.39 is 5.91 Å². The Morgan fingerprint density at radius 3 is 2.31 bits per heavy atom. The summed E-state index contributed by atoms with van der Waals surface area (Å²) in [5.41, 5.74) is 9.58. The van der Waals surface area contributed by atoms with Crippen LogP contribution < -0.4 is 5.73 Å². The molecule has 36 heavy (non-hydrogen) atoms. The Bertz CT molecular complexity index is 1530. The van der Waals surface area contributed by atoms with E-state index in [-0.39, 0.29) is 29.6 Å². The molecule has 5 rings (SSSR count). The van der Waals surface area contributed by atoms with Crippen molar-refractivity contribution in [3.63, 3.8) is 0 Å². The van der Waals surface area contributed by atoms with Crippen LogP contribution in [-0.4, -0.2) is 57.6 Å². The molecule has 0 radical (unpaired) electrons. The molecule has 2 N–H and O–H groups in total. The van der Waals surface area contributed by atoms with Crippen molar-refractivity contribution in [2.24, 2.45) is 5.73 Å². The van der Waals surface area contributed by atoms with Crippen LogP contribution in [0.5, 0.6) is 0 Å². The summed E-state index contributed by atoms with van der Waals surface area (Å²) in [5.74, 6) is -0.475. The minimum Gasteiger partial charge on any atom is -0.372 e. The molecule has 1 saturated heterocycles. The van der Waals surface area contributed by atoms with E-state index in [0.717, 1.165) is 10.9 Å². The summed E-state index contributed by atoms with van der Waals surface area (Å²) in [6.07, 6.45) is -0.128. The van der Waals surface area contributed by atoms with Gasteiger partial charge in [-0.3, -0.25) is 19.0 Å². The molecule has 2 aromatic heterocycles. The largest absolute Gasteiger partial charge is 0.372 e. The summed E-state index contributed by atoms with van der Waals surface area (Å²) < 4.78 is 12.6. The number of aryl methyl sites for hydroxylation is 2. The number of ether oxygens (including phenoxy) is 1. The van der Waals surface area contributed by atoms with Crippen molar-refractivity contribution in [1.82, 2.24) is 14.6 Å². The topological polar surface area (TPSA) is 121 Å². The van der Waals surface area contributed by atoms with Crippen LogP contribution in [0.25, 0.3) is 32.9 Å². The minimum atomic E-state index is -0.661. The highest BCUT2D eigenvalue weighted by molar-refractivity contribution is 6.20. The Hall–Kier alpha value is -3.98. The van der Waals surface area contributed by atoms with Crippen molar-refractivity contribution < 1.29 is 23.6 Å². The molecule has 1 fully saturated rings. The van der Waals surface area contributed by atoms with Gasteiger partial charge >= 0.3 is 0 Å². The molecule has 2 atom stereocenters. The van der Waals surface area contributed by atoms with E-state index in [4.69, 9.17) is 15.0 Å². The molecule has 0 spiro atoms. The van der Waals surface area contributed by atoms with E-state index in [1.54, 1.807) is 30.0 Å². The quantitative estimate of drug-likeness (QED) is 0.464. The van der Waals surface area contributed by atoms with Crippen molar-refractivity contribution in [2.45, 2.75) is 46.8 Å². The zero-order valence-corrected chi connectivity index (χ0v) is 20.9. The summed E-state index contributed by atoms with van der Waals surface area (Å²) >= 11 is 0. The molecule has 186 valence electrons. The maximum Gasteiger partial charge on any atom is 0.254 e. The Labute approximate surface area is 207 Å². The highest BCUT2D eigenvalue weighted by Gasteiger charge is 2.28. The van der Waals surface area contributed by atoms with E-state index in [9.17, 15) is 14.4 Å². The number of amides is 2. The predicted octanol–water partition coefficient (Wildman–Crippen LogP) is 4.07. The molecule has 9 nitrogen and oxygen atoms in total. The summed E-state index contributed by atoms with van der Waals surface area (Å²) in [7, 11) is 0. The average molecular weight is 489 g/mol. The van der Waals surface area contributed by atoms with E-state index in [2.05, 4.69) is 5.16 Å². The second-order valence-corrected chi connectivity index (χ2v) is 9.54. The fraction of sp³-hybridized carbons (Fsp3) is 0.333. The van der Waals surface area contributed by atoms with Crippen LogP contribution in [0.3, 0.4) is 0 Å². The van der Waals surface area contributed by atoms with Gasteiger partial charge in [0, 0.05) is 41.9 Å². The van der Waals surface area contributed by atoms with Gasteiger partial charge in [-0.1, -0.05) is 11.2 Å². The summed E-state index contributed by atoms with van der Waals surface area (Å²) in [6.45, 7) is 9.90. The minimum absolute atomic E-state index is 0.0639. The molecule has 1 aliphatic heterocycles. The van der Waals surface area contributed by atoms with Crippen LogP contribution in [0.4, 0.5) is 0 Å². The lowest BCUT2D eigenvalue weighted by Crippen LogP contribution is -2.48. The smallest absolute Gasteiger partial charge is 0.254 e. The third-order valence-corrected chi connectivity index (χ3v) is 6.72. The Morgan fingerprint density at radius 1 is 1.03 bits per heavy atom. The van der Waals surface area contributed by atoms with Crippen LogP contribution in [0.1, 0.15) is 57.7 Å². The molecule has 9 heteroatoms. The number of carbonyl (C=O) groups is 3. The number of rotatable bonds is 3. The number of hydrogen-bond acceptors (Lipinski definition) is 6. The molecule has 1 aliphatic rings. The number of benzene rings is 2. The number of fused-ring (bicyclic) bond motifs is 3. The average Bonchev–Trinajstić information content (AvgIpc) is 3.32. The summed E-state index contributed by atoms with van der Waals surface area (Å²) in [6, 6.07) is 8.86. The van der Waals surface area contributed by atoms with Gasteiger partial charge in [0.15, 0.2) is 0 Å². The second kappa shape index (κ2) is 8.60. The van der Waals surface area contributed by atoms with E-state index in [1.807, 2.05) is 32.9 Å². The van der Waals surface area contributed by atoms with Crippen molar-refractivity contribution in [1.29, 1.82) is 0 Å². The van der Waals surface area contributed by atoms with Crippen molar-refractivity contribution in [2.75, 3.05) is 13.1 Å². The SMILES string of the molecule is CC(=O)n1c2cc(C(=O)N3CC(C)OC(C)C3)ccc2c2cc(-c3c(C)noc3C)cc(C(N)=O)c21. The highest BCUT2D eigenvalue weighted by atomic mass is 16.5. The Balaban J connectivity index is 1.75. The van der Waals surface area contributed by atoms with Crippen LogP contribution >= 0.6 is 0 Å². The number of aromatic nitrogens is 2. The van der Waals surface area contributed by atoms with Gasteiger partial charge in [-0.25, -0.2) is 0 Å². The summed E-state index contributed by atoms with van der Waals surface area (Å²) in [4.78, 5) is 40.6. The van der Waals surface area contributed by atoms with E-state index in [0.29, 0.717) is 52.1 Å². The molecule has 3 heterocycles. The molecular weight excluding hydrogens is 460 g/mol. The molecule has 4 aromatic rings. The second-order valence-electron chi connectivity index (χ2n) is 9.54. The first kappa shape index (κ1) is 23.7. The van der Waals surface area contributed by atoms with Crippen LogP contribution in [0.15, 0.2) is 34.9 Å². The van der Waals surface area contributed by atoms with Crippen molar-refractivity contribution >= 4 is 39.5 Å². The number of carbonyl (C=O) groups excluding carboxylic acids is 3. The number of morpholine rings is 1. The molecule has 0 bridgehead atoms. The van der Waals surface area contributed by atoms with Crippen LogP contribution in [0, 0.1) is 13.8 Å². The summed E-state index contributed by atoms with van der Waals surface area (Å²) in [5, 5.41) is 5.44. The van der Waals surface area contributed by atoms with Crippen molar-refractivity contribution in [3.8, 4) is 11.1 Å². The standard InChI is InChI=1S/C27H28N4O5/c1-13-11-30(12-14(2)35-13)27(34)18-6-7-20-21-8-19(24-15(3)29-36-16(24)4)9-22(26(28)33)25(21)31(17(5)32)23(20)10-18/h6-10,13-14H,11-12H2,1-5H3,(H2,28,33). The van der Waals surface area contributed by atoms with E-state index >= 15 is 0 Å². The molecule has 0 aliphatic carbocycles. The number of nitrogens with zero attached hydrogens (tertiary/aromatic N) is 3. The molecule has 0 saturated carbocycles. The Kier molecular flexibility index (Phi) is 5.67. The number of primary amides is 1. The van der Waals surface area contributed by atoms with Gasteiger partial charge in [-0.05, 0) is 57.5 Å². The fourth-order valence-corrected chi connectivity index (χ4v) is 5.36. The van der Waals surface area contributed by atoms with Gasteiger partial charge < -0.3 is 19.9 Å². The normalized spacial score (nSPS) is 18.2. The van der Waals surface area contributed by atoms with Gasteiger partial charge in [0.25, 0.3) is 11.8 Å². The van der Waals surface area contributed by atoms with Gasteiger partial charge in [0.2, 0.25) is 5.91 Å². The molecule has 2 aromatic carbocycles. The first-order chi connectivity index (χ1) is 17.1. The maximum absolute atomic E-state index is 13.4. The molecule has 2 unspecified atom stereocenters. The fourth-order valence-electron chi connectivity index (χ4n) is 5.36. The predicted molar refractivity (Wildman–Crippen MR) is 135 cm³/mol. The third-order valence-electron chi connectivity index (χ3n) is 6.72. The van der Waals surface area contributed by atoms with Gasteiger partial charge in [0.1, 0.15) is 5.76 Å². The zero-order valence-electron chi connectivity index (χ0n) is 20.9. The maximum atomic E-state index is 13.4. The zero-order chi connectivity index (χ0) is 25.9. The third kappa shape index (κ3) is 3.76. The van der Waals surface area contributed by atoms with Gasteiger partial charge in [0.05, 0.1) is 34.5 Å². The Morgan fingerprint density at radius 2 is 1.72 bits per heavy atom. The van der Waals surface area contributed by atoms with Gasteiger partial charge in [-0.2, -0.15) is 0 Å². The van der Waals surface area contributed by atoms with Crippen LogP contribution in [0.2, 0.25) is 0 Å². The lowest BCUT2D eigenvalue weighted by molar-refractivity contribution is -0.0586. The van der Waals surface area contributed by atoms with Crippen molar-refractivity contribution in [3.05, 3.63) is 52.9 Å². The van der Waals surface area contributed by atoms with Crippen LogP contribution in [-0.2, 0) is 4.74 Å². The number of hydrogen-bond donors (Lipinski definition) is 1. The number of nitrogens with two attached hydrogens (primary N) is 1. The van der Waals surface area contributed by atoms with E-state index in [1.165, 1.54) is 11.5 Å². The van der Waals surface area contributed by atoms with Gasteiger partial charge in [-0.15, -0.1) is 0 Å². The lowest BCUT2D eigenvalue weighted by atomic mass is 9.97. The molecular formula is C27H28N4O5. The lowest BCUT2D eigenvalue weighted by Gasteiger charge is -2.35. The first-order valence-corrected chi connectivity index (χ1v) is 11.9. The molecule has 2 amide bonds. The first-order valence-electron chi connectivity index (χ1n) is 11.9.